The topological polar surface area (TPSA) is 80.5 Å². The summed E-state index contributed by atoms with van der Waals surface area (Å²) < 4.78 is 25.2. The predicted molar refractivity (Wildman–Crippen MR) is 106 cm³/mol. The fourth-order valence-electron chi connectivity index (χ4n) is 3.65. The van der Waals surface area contributed by atoms with Crippen LogP contribution in [0, 0.1) is 0 Å². The first kappa shape index (κ1) is 19.6. The molecule has 3 rings (SSSR count). The average molecular weight is 387 g/mol. The van der Waals surface area contributed by atoms with Crippen LogP contribution in [-0.4, -0.2) is 37.9 Å². The van der Waals surface area contributed by atoms with Gasteiger partial charge in [-0.1, -0.05) is 30.3 Å². The summed E-state index contributed by atoms with van der Waals surface area (Å²) in [7, 11) is -3.45. The Balaban J connectivity index is 1.82. The fraction of sp³-hybridized carbons (Fsp3) is 0.381. The molecule has 0 spiro atoms. The highest BCUT2D eigenvalue weighted by atomic mass is 32.2. The molecule has 2 aromatic carbocycles. The summed E-state index contributed by atoms with van der Waals surface area (Å²) in [6.45, 7) is 2.62. The molecule has 5 nitrogen and oxygen atoms in total. The van der Waals surface area contributed by atoms with Crippen molar-refractivity contribution in [2.24, 2.45) is 5.73 Å². The molecule has 2 N–H and O–H groups in total. The average Bonchev–Trinajstić information content (AvgIpc) is 2.68. The number of carbonyl (C=O) groups is 1. The largest absolute Gasteiger partial charge is 0.334 e. The van der Waals surface area contributed by atoms with Gasteiger partial charge >= 0.3 is 0 Å². The molecular weight excluding hydrogens is 360 g/mol. The molecule has 2 aromatic rings. The minimum atomic E-state index is -3.45. The molecule has 1 saturated heterocycles. The van der Waals surface area contributed by atoms with Crippen molar-refractivity contribution in [1.82, 2.24) is 4.90 Å². The molecule has 0 aromatic heterocycles. The van der Waals surface area contributed by atoms with E-state index in [1.807, 2.05) is 11.8 Å². The Morgan fingerprint density at radius 1 is 1.15 bits per heavy atom. The third kappa shape index (κ3) is 4.57. The number of nitrogens with two attached hydrogens (primary N) is 1. The Morgan fingerprint density at radius 2 is 1.89 bits per heavy atom. The van der Waals surface area contributed by atoms with Crippen LogP contribution in [0.2, 0.25) is 0 Å². The van der Waals surface area contributed by atoms with Crippen molar-refractivity contribution in [1.29, 1.82) is 0 Å². The molecule has 1 amide bonds. The third-order valence-corrected chi connectivity index (χ3v) is 6.75. The van der Waals surface area contributed by atoms with Crippen molar-refractivity contribution in [2.45, 2.75) is 48.9 Å². The minimum Gasteiger partial charge on any atom is -0.334 e. The number of nitrogens with zero attached hydrogens (tertiary/aromatic N) is 1. The molecule has 1 aliphatic heterocycles. The Morgan fingerprint density at radius 3 is 2.59 bits per heavy atom. The highest BCUT2D eigenvalue weighted by molar-refractivity contribution is 7.90. The van der Waals surface area contributed by atoms with Gasteiger partial charge in [-0.25, -0.2) is 8.42 Å². The van der Waals surface area contributed by atoms with Gasteiger partial charge in [0.2, 0.25) is 0 Å². The number of likely N-dealkylation sites (tertiary alicyclic amines) is 1. The van der Waals surface area contributed by atoms with Crippen LogP contribution < -0.4 is 5.73 Å². The van der Waals surface area contributed by atoms with Gasteiger partial charge < -0.3 is 10.6 Å². The van der Waals surface area contributed by atoms with E-state index in [-0.39, 0.29) is 28.6 Å². The van der Waals surface area contributed by atoms with Gasteiger partial charge in [0.1, 0.15) is 0 Å². The Kier molecular flexibility index (Phi) is 5.97. The number of hydrogen-bond acceptors (Lipinski definition) is 4. The van der Waals surface area contributed by atoms with Gasteiger partial charge in [0, 0.05) is 24.2 Å². The summed E-state index contributed by atoms with van der Waals surface area (Å²) in [5.74, 6) is -0.203. The fourth-order valence-corrected chi connectivity index (χ4v) is 5.00. The van der Waals surface area contributed by atoms with Gasteiger partial charge in [-0.05, 0) is 56.0 Å². The first-order valence-electron chi connectivity index (χ1n) is 9.32. The monoisotopic (exact) mass is 386 g/mol. The zero-order valence-corrected chi connectivity index (χ0v) is 16.4. The molecule has 2 atom stereocenters. The lowest BCUT2D eigenvalue weighted by Crippen LogP contribution is -2.51. The maximum Gasteiger partial charge on any atom is 0.254 e. The maximum atomic E-state index is 13.0. The summed E-state index contributed by atoms with van der Waals surface area (Å²) >= 11 is 0. The minimum absolute atomic E-state index is 0.0305. The second-order valence-electron chi connectivity index (χ2n) is 7.19. The Labute approximate surface area is 161 Å². The molecule has 0 unspecified atom stereocenters. The smallest absolute Gasteiger partial charge is 0.254 e. The number of sulfone groups is 1. The van der Waals surface area contributed by atoms with Crippen molar-refractivity contribution in [3.05, 3.63) is 65.7 Å². The molecule has 0 bridgehead atoms. The van der Waals surface area contributed by atoms with E-state index in [1.54, 1.807) is 54.6 Å². The second-order valence-corrected chi connectivity index (χ2v) is 9.18. The molecule has 1 fully saturated rings. The molecular formula is C21H26N2O3S. The molecule has 0 aliphatic carbocycles. The van der Waals surface area contributed by atoms with E-state index < -0.39 is 9.84 Å². The molecule has 27 heavy (non-hydrogen) atoms. The van der Waals surface area contributed by atoms with E-state index in [2.05, 4.69) is 0 Å². The summed E-state index contributed by atoms with van der Waals surface area (Å²) in [6.07, 6.45) is 2.95. The Hall–Kier alpha value is -2.18. The lowest BCUT2D eigenvalue weighted by Gasteiger charge is -2.38. The second kappa shape index (κ2) is 8.23. The molecule has 0 radical (unpaired) electrons. The van der Waals surface area contributed by atoms with Crippen LogP contribution in [0.4, 0.5) is 0 Å². The summed E-state index contributed by atoms with van der Waals surface area (Å²) in [6, 6.07) is 15.2. The maximum absolute atomic E-state index is 13.0. The van der Waals surface area contributed by atoms with E-state index in [4.69, 9.17) is 5.73 Å². The van der Waals surface area contributed by atoms with Crippen molar-refractivity contribution >= 4 is 15.7 Å². The summed E-state index contributed by atoms with van der Waals surface area (Å²) in [4.78, 5) is 15.2. The number of amides is 1. The summed E-state index contributed by atoms with van der Waals surface area (Å²) in [5.41, 5.74) is 7.20. The zero-order chi connectivity index (χ0) is 19.4. The van der Waals surface area contributed by atoms with Gasteiger partial charge in [0.05, 0.1) is 10.6 Å². The number of piperidine rings is 1. The third-order valence-electron chi connectivity index (χ3n) is 5.05. The van der Waals surface area contributed by atoms with Crippen LogP contribution in [0.5, 0.6) is 0 Å². The van der Waals surface area contributed by atoms with Crippen molar-refractivity contribution < 1.29 is 13.2 Å². The highest BCUT2D eigenvalue weighted by Gasteiger charge is 2.30. The molecule has 1 heterocycles. The van der Waals surface area contributed by atoms with Crippen LogP contribution in [0.3, 0.4) is 0 Å². The normalized spacial score (nSPS) is 18.9. The zero-order valence-electron chi connectivity index (χ0n) is 15.5. The van der Waals surface area contributed by atoms with Crippen LogP contribution >= 0.6 is 0 Å². The summed E-state index contributed by atoms with van der Waals surface area (Å²) in [5, 5.41) is 0. The molecule has 6 heteroatoms. The van der Waals surface area contributed by atoms with E-state index in [1.165, 1.54) is 0 Å². The highest BCUT2D eigenvalue weighted by Crippen LogP contribution is 2.23. The van der Waals surface area contributed by atoms with E-state index in [9.17, 15) is 13.2 Å². The van der Waals surface area contributed by atoms with Gasteiger partial charge in [-0.15, -0.1) is 0 Å². The van der Waals surface area contributed by atoms with Crippen LogP contribution in [0.1, 0.15) is 42.1 Å². The van der Waals surface area contributed by atoms with Crippen molar-refractivity contribution in [2.75, 3.05) is 6.54 Å². The number of hydrogen-bond donors (Lipinski definition) is 1. The van der Waals surface area contributed by atoms with Crippen LogP contribution in [0.25, 0.3) is 0 Å². The quantitative estimate of drug-likeness (QED) is 0.857. The molecule has 1 aliphatic rings. The molecule has 0 saturated carbocycles. The van der Waals surface area contributed by atoms with Crippen LogP contribution in [0.15, 0.2) is 59.5 Å². The van der Waals surface area contributed by atoms with E-state index in [0.717, 1.165) is 19.3 Å². The van der Waals surface area contributed by atoms with Gasteiger partial charge in [0.15, 0.2) is 9.84 Å². The molecule has 144 valence electrons. The van der Waals surface area contributed by atoms with Crippen molar-refractivity contribution in [3.63, 3.8) is 0 Å². The van der Waals surface area contributed by atoms with Gasteiger partial charge in [-0.3, -0.25) is 4.79 Å². The first-order chi connectivity index (χ1) is 12.9. The lowest BCUT2D eigenvalue weighted by molar-refractivity contribution is 0.0583. The van der Waals surface area contributed by atoms with E-state index in [0.29, 0.717) is 17.7 Å². The number of rotatable bonds is 5. The van der Waals surface area contributed by atoms with E-state index >= 15 is 0 Å². The number of carbonyl (C=O) groups excluding carboxylic acids is 1. The predicted octanol–water partition coefficient (Wildman–Crippen LogP) is 3.00. The Bertz CT molecular complexity index is 895. The van der Waals surface area contributed by atoms with Gasteiger partial charge in [-0.2, -0.15) is 0 Å². The van der Waals surface area contributed by atoms with Crippen LogP contribution in [-0.2, 0) is 15.6 Å². The first-order valence-corrected chi connectivity index (χ1v) is 11.0. The number of benzene rings is 2. The van der Waals surface area contributed by atoms with Gasteiger partial charge in [0.25, 0.3) is 5.91 Å². The standard InChI is InChI=1S/C21H26N2O3S/c1-16(22)20-12-5-6-13-23(20)21(24)18-9-7-8-17(14-18)15-27(25,26)19-10-3-2-4-11-19/h2-4,7-11,14,16,20H,5-6,12-13,15,22H2,1H3/t16-,20+/m1/s1. The lowest BCUT2D eigenvalue weighted by atomic mass is 9.96. The van der Waals surface area contributed by atoms with Crippen molar-refractivity contribution in [3.8, 4) is 0 Å². The SMILES string of the molecule is C[C@@H](N)[C@@H]1CCCCN1C(=O)c1cccc(CS(=O)(=O)c2ccccc2)c1.